The molecule has 0 unspecified atom stereocenters. The Labute approximate surface area is 212 Å². The molecule has 36 heavy (non-hydrogen) atoms. The van der Waals surface area contributed by atoms with Crippen LogP contribution in [0.5, 0.6) is 0 Å². The maximum atomic E-state index is 5.86. The summed E-state index contributed by atoms with van der Waals surface area (Å²) < 4.78 is 0. The van der Waals surface area contributed by atoms with Crippen molar-refractivity contribution in [2.45, 2.75) is 27.7 Å². The standard InChI is InChI=1S/C30H30N6/c1-19-17-23(31)5-15-29(19)21(3)33-25-7-11-27(12-8-25)35-36-28-13-9-26(10-14-28)34-22(4)30-16-6-24(32)18-20(30)2/h5-18H,31-32H2,1-4H3. The van der Waals surface area contributed by atoms with Crippen molar-refractivity contribution in [3.63, 3.8) is 0 Å². The fourth-order valence-electron chi connectivity index (χ4n) is 4.00. The van der Waals surface area contributed by atoms with Gasteiger partial charge in [0.25, 0.3) is 0 Å². The quantitative estimate of drug-likeness (QED) is 0.167. The molecule has 4 aromatic carbocycles. The van der Waals surface area contributed by atoms with Crippen molar-refractivity contribution in [1.82, 2.24) is 0 Å². The lowest BCUT2D eigenvalue weighted by Crippen LogP contribution is -1.98. The van der Waals surface area contributed by atoms with Gasteiger partial charge in [-0.05, 0) is 123 Å². The lowest BCUT2D eigenvalue weighted by molar-refractivity contribution is 1.23. The van der Waals surface area contributed by atoms with Gasteiger partial charge in [0.1, 0.15) is 0 Å². The number of azo groups is 1. The molecule has 180 valence electrons. The predicted octanol–water partition coefficient (Wildman–Crippen LogP) is 8.16. The third-order valence-electron chi connectivity index (χ3n) is 5.85. The van der Waals surface area contributed by atoms with Crippen LogP contribution in [0.25, 0.3) is 0 Å². The third-order valence-corrected chi connectivity index (χ3v) is 5.85. The van der Waals surface area contributed by atoms with Crippen molar-refractivity contribution in [3.05, 3.63) is 107 Å². The minimum Gasteiger partial charge on any atom is -0.399 e. The van der Waals surface area contributed by atoms with E-state index >= 15 is 0 Å². The molecule has 0 radical (unpaired) electrons. The molecule has 0 atom stereocenters. The van der Waals surface area contributed by atoms with Gasteiger partial charge in [-0.1, -0.05) is 12.1 Å². The minimum absolute atomic E-state index is 0.754. The first-order valence-corrected chi connectivity index (χ1v) is 11.7. The highest BCUT2D eigenvalue weighted by molar-refractivity contribution is 6.02. The van der Waals surface area contributed by atoms with Crippen molar-refractivity contribution in [2.24, 2.45) is 20.2 Å². The highest BCUT2D eigenvalue weighted by Crippen LogP contribution is 2.25. The fourth-order valence-corrected chi connectivity index (χ4v) is 4.00. The third kappa shape index (κ3) is 6.10. The maximum absolute atomic E-state index is 5.86. The fraction of sp³-hybridized carbons (Fsp3) is 0.133. The zero-order valence-corrected chi connectivity index (χ0v) is 21.0. The number of anilines is 2. The average molecular weight is 475 g/mol. The number of nitrogens with zero attached hydrogens (tertiary/aromatic N) is 4. The second-order valence-electron chi connectivity index (χ2n) is 8.78. The summed E-state index contributed by atoms with van der Waals surface area (Å²) >= 11 is 0. The largest absolute Gasteiger partial charge is 0.399 e. The smallest absolute Gasteiger partial charge is 0.0858 e. The molecule has 0 amide bonds. The van der Waals surface area contributed by atoms with E-state index in [0.29, 0.717) is 0 Å². The van der Waals surface area contributed by atoms with Gasteiger partial charge in [0.05, 0.1) is 22.7 Å². The van der Waals surface area contributed by atoms with Gasteiger partial charge in [0, 0.05) is 22.8 Å². The van der Waals surface area contributed by atoms with Crippen LogP contribution in [-0.2, 0) is 0 Å². The van der Waals surface area contributed by atoms with Crippen molar-refractivity contribution in [2.75, 3.05) is 11.5 Å². The first-order chi connectivity index (χ1) is 17.3. The van der Waals surface area contributed by atoms with Crippen molar-refractivity contribution >= 4 is 45.5 Å². The number of nitrogens with two attached hydrogens (primary N) is 2. The van der Waals surface area contributed by atoms with Crippen molar-refractivity contribution in [1.29, 1.82) is 0 Å². The molecule has 6 nitrogen and oxygen atoms in total. The van der Waals surface area contributed by atoms with Gasteiger partial charge in [-0.2, -0.15) is 10.2 Å². The topological polar surface area (TPSA) is 101 Å². The molecule has 4 rings (SSSR count). The van der Waals surface area contributed by atoms with E-state index in [2.05, 4.69) is 10.2 Å². The van der Waals surface area contributed by atoms with Crippen molar-refractivity contribution in [3.8, 4) is 0 Å². The molecule has 0 saturated carbocycles. The molecule has 0 bridgehead atoms. The Balaban J connectivity index is 1.43. The minimum atomic E-state index is 0.754. The number of aryl methyl sites for hydroxylation is 2. The molecule has 0 heterocycles. The summed E-state index contributed by atoms with van der Waals surface area (Å²) in [4.78, 5) is 9.46. The number of rotatable bonds is 6. The molecular formula is C30H30N6. The van der Waals surface area contributed by atoms with E-state index < -0.39 is 0 Å². The molecule has 0 saturated heterocycles. The Bertz CT molecular complexity index is 1350. The van der Waals surface area contributed by atoms with Gasteiger partial charge in [-0.15, -0.1) is 0 Å². The highest BCUT2D eigenvalue weighted by atomic mass is 15.1. The average Bonchev–Trinajstić information content (AvgIpc) is 2.84. The Morgan fingerprint density at radius 1 is 0.500 bits per heavy atom. The van der Waals surface area contributed by atoms with Gasteiger partial charge in [-0.3, -0.25) is 9.98 Å². The summed E-state index contributed by atoms with van der Waals surface area (Å²) in [6.45, 7) is 8.07. The van der Waals surface area contributed by atoms with Crippen LogP contribution >= 0.6 is 0 Å². The van der Waals surface area contributed by atoms with Crippen LogP contribution in [0.2, 0.25) is 0 Å². The Morgan fingerprint density at radius 2 is 0.833 bits per heavy atom. The van der Waals surface area contributed by atoms with E-state index in [4.69, 9.17) is 21.5 Å². The molecule has 0 fully saturated rings. The molecule has 0 spiro atoms. The van der Waals surface area contributed by atoms with Crippen LogP contribution < -0.4 is 11.5 Å². The molecule has 0 aliphatic rings. The summed E-state index contributed by atoms with van der Waals surface area (Å²) in [6, 6.07) is 27.1. The number of benzene rings is 4. The zero-order chi connectivity index (χ0) is 25.7. The molecule has 4 N–H and O–H groups in total. The predicted molar refractivity (Wildman–Crippen MR) is 152 cm³/mol. The zero-order valence-electron chi connectivity index (χ0n) is 21.0. The van der Waals surface area contributed by atoms with Crippen LogP contribution in [-0.4, -0.2) is 11.4 Å². The van der Waals surface area contributed by atoms with Gasteiger partial charge in [0.15, 0.2) is 0 Å². The second-order valence-corrected chi connectivity index (χ2v) is 8.78. The van der Waals surface area contributed by atoms with Gasteiger partial charge in [0.2, 0.25) is 0 Å². The van der Waals surface area contributed by atoms with E-state index in [1.165, 1.54) is 0 Å². The van der Waals surface area contributed by atoms with E-state index in [-0.39, 0.29) is 0 Å². The lowest BCUT2D eigenvalue weighted by Gasteiger charge is -2.07. The normalized spacial score (nSPS) is 12.3. The molecular weight excluding hydrogens is 444 g/mol. The van der Waals surface area contributed by atoms with Gasteiger partial charge < -0.3 is 11.5 Å². The van der Waals surface area contributed by atoms with E-state index in [9.17, 15) is 0 Å². The Morgan fingerprint density at radius 3 is 1.17 bits per heavy atom. The van der Waals surface area contributed by atoms with Crippen LogP contribution in [0.1, 0.15) is 36.1 Å². The number of nitrogen functional groups attached to an aromatic ring is 2. The first kappa shape index (κ1) is 24.5. The summed E-state index contributed by atoms with van der Waals surface area (Å²) in [5, 5.41) is 8.70. The highest BCUT2D eigenvalue weighted by Gasteiger charge is 2.04. The molecule has 0 aromatic heterocycles. The number of aliphatic imine (C=N–C) groups is 2. The summed E-state index contributed by atoms with van der Waals surface area (Å²) in [5.74, 6) is 0. The van der Waals surface area contributed by atoms with Crippen LogP contribution in [0, 0.1) is 13.8 Å². The van der Waals surface area contributed by atoms with Crippen LogP contribution in [0.15, 0.2) is 105 Å². The molecule has 6 heteroatoms. The monoisotopic (exact) mass is 474 g/mol. The molecule has 4 aromatic rings. The second kappa shape index (κ2) is 10.8. The van der Waals surface area contributed by atoms with Crippen LogP contribution in [0.4, 0.5) is 34.1 Å². The Kier molecular flexibility index (Phi) is 7.35. The van der Waals surface area contributed by atoms with E-state index in [0.717, 1.165) is 67.8 Å². The van der Waals surface area contributed by atoms with Gasteiger partial charge >= 0.3 is 0 Å². The molecule has 0 aliphatic carbocycles. The number of hydrogen-bond acceptors (Lipinski definition) is 6. The lowest BCUT2D eigenvalue weighted by atomic mass is 10.0. The SMILES string of the molecule is CC(=Nc1ccc(N=Nc2ccc(N=C(C)c3ccc(N)cc3C)cc2)cc1)c1ccc(N)cc1C. The molecule has 0 aliphatic heterocycles. The maximum Gasteiger partial charge on any atom is 0.0858 e. The summed E-state index contributed by atoms with van der Waals surface area (Å²) in [6.07, 6.45) is 0. The summed E-state index contributed by atoms with van der Waals surface area (Å²) in [7, 11) is 0. The van der Waals surface area contributed by atoms with Crippen molar-refractivity contribution < 1.29 is 0 Å². The Hall–Kier alpha value is -4.58. The number of hydrogen-bond donors (Lipinski definition) is 2. The summed E-state index contributed by atoms with van der Waals surface area (Å²) in [5.41, 5.74) is 22.7. The van der Waals surface area contributed by atoms with E-state index in [1.807, 2.05) is 113 Å². The first-order valence-electron chi connectivity index (χ1n) is 11.7. The van der Waals surface area contributed by atoms with Gasteiger partial charge in [-0.25, -0.2) is 0 Å². The van der Waals surface area contributed by atoms with Crippen LogP contribution in [0.3, 0.4) is 0 Å². The van der Waals surface area contributed by atoms with E-state index in [1.54, 1.807) is 0 Å².